The normalized spacial score (nSPS) is 10.3. The topological polar surface area (TPSA) is 50.3 Å². The van der Waals surface area contributed by atoms with E-state index in [0.29, 0.717) is 0 Å². The second-order valence-electron chi connectivity index (χ2n) is 5.02. The van der Waals surface area contributed by atoms with Crippen LogP contribution in [0.2, 0.25) is 0 Å². The van der Waals surface area contributed by atoms with Crippen LogP contribution in [0.4, 0.5) is 11.6 Å². The number of anilines is 2. The highest BCUT2D eigenvalue weighted by atomic mass is 16.5. The van der Waals surface area contributed by atoms with Gasteiger partial charge < -0.3 is 15.0 Å². The molecule has 21 heavy (non-hydrogen) atoms. The van der Waals surface area contributed by atoms with Crippen LogP contribution in [-0.4, -0.2) is 31.2 Å². The predicted molar refractivity (Wildman–Crippen MR) is 86.2 cm³/mol. The van der Waals surface area contributed by atoms with Crippen LogP contribution in [0.1, 0.15) is 17.0 Å². The van der Waals surface area contributed by atoms with Crippen molar-refractivity contribution in [2.75, 3.05) is 31.4 Å². The lowest BCUT2D eigenvalue weighted by atomic mass is 10.2. The van der Waals surface area contributed by atoms with Crippen molar-refractivity contribution in [3.63, 3.8) is 0 Å². The van der Waals surface area contributed by atoms with E-state index in [2.05, 4.69) is 32.3 Å². The molecular formula is C16H22N4O. The summed E-state index contributed by atoms with van der Waals surface area (Å²) in [5, 5.41) is 3.12. The molecule has 0 amide bonds. The molecule has 1 heterocycles. The van der Waals surface area contributed by atoms with Gasteiger partial charge >= 0.3 is 0 Å². The van der Waals surface area contributed by atoms with Crippen molar-refractivity contribution in [1.82, 2.24) is 9.97 Å². The van der Waals surface area contributed by atoms with Gasteiger partial charge in [0.2, 0.25) is 0 Å². The quantitative estimate of drug-likeness (QED) is 0.916. The number of methoxy groups -OCH3 is 1. The van der Waals surface area contributed by atoms with E-state index in [1.807, 2.05) is 40.1 Å². The Hall–Kier alpha value is -2.30. The third kappa shape index (κ3) is 3.42. The summed E-state index contributed by atoms with van der Waals surface area (Å²) in [6.07, 6.45) is 0. The van der Waals surface area contributed by atoms with E-state index in [-0.39, 0.29) is 0 Å². The highest BCUT2D eigenvalue weighted by Crippen LogP contribution is 2.24. The zero-order valence-electron chi connectivity index (χ0n) is 13.3. The number of benzene rings is 1. The number of aromatic nitrogens is 2. The first-order valence-electron chi connectivity index (χ1n) is 6.92. The van der Waals surface area contributed by atoms with Gasteiger partial charge in [-0.15, -0.1) is 0 Å². The van der Waals surface area contributed by atoms with E-state index < -0.39 is 0 Å². The minimum absolute atomic E-state index is 0.765. The van der Waals surface area contributed by atoms with Gasteiger partial charge in [0.25, 0.3) is 0 Å². The van der Waals surface area contributed by atoms with Crippen molar-refractivity contribution < 1.29 is 4.74 Å². The standard InChI is InChI=1S/C16H22N4O/c1-11-15(17-3)18-12(2)19-16(11)20(4)10-13-6-8-14(21-5)9-7-13/h6-9H,10H2,1-5H3,(H,17,18,19). The van der Waals surface area contributed by atoms with E-state index >= 15 is 0 Å². The second-order valence-corrected chi connectivity index (χ2v) is 5.02. The lowest BCUT2D eigenvalue weighted by Crippen LogP contribution is -2.20. The minimum atomic E-state index is 0.765. The summed E-state index contributed by atoms with van der Waals surface area (Å²) in [6, 6.07) is 8.08. The molecule has 0 aliphatic carbocycles. The molecule has 1 N–H and O–H groups in total. The molecule has 0 spiro atoms. The van der Waals surface area contributed by atoms with Gasteiger partial charge in [0.1, 0.15) is 23.2 Å². The Morgan fingerprint density at radius 3 is 2.38 bits per heavy atom. The number of hydrogen-bond acceptors (Lipinski definition) is 5. The molecule has 1 aromatic carbocycles. The number of ether oxygens (including phenoxy) is 1. The van der Waals surface area contributed by atoms with E-state index in [1.165, 1.54) is 5.56 Å². The highest BCUT2D eigenvalue weighted by Gasteiger charge is 2.12. The van der Waals surface area contributed by atoms with Crippen molar-refractivity contribution in [3.8, 4) is 5.75 Å². The summed E-state index contributed by atoms with van der Waals surface area (Å²) in [5.41, 5.74) is 2.26. The molecular weight excluding hydrogens is 264 g/mol. The van der Waals surface area contributed by atoms with Crippen LogP contribution in [0.3, 0.4) is 0 Å². The molecule has 0 bridgehead atoms. The summed E-state index contributed by atoms with van der Waals surface area (Å²) >= 11 is 0. The largest absolute Gasteiger partial charge is 0.497 e. The molecule has 2 rings (SSSR count). The molecule has 1 aromatic heterocycles. The van der Waals surface area contributed by atoms with Crippen LogP contribution in [0, 0.1) is 13.8 Å². The highest BCUT2D eigenvalue weighted by molar-refractivity contribution is 5.58. The fraction of sp³-hybridized carbons (Fsp3) is 0.375. The molecule has 0 radical (unpaired) electrons. The molecule has 5 nitrogen and oxygen atoms in total. The van der Waals surface area contributed by atoms with E-state index in [9.17, 15) is 0 Å². The fourth-order valence-corrected chi connectivity index (χ4v) is 2.31. The molecule has 0 saturated heterocycles. The van der Waals surface area contributed by atoms with Crippen LogP contribution in [0.25, 0.3) is 0 Å². The van der Waals surface area contributed by atoms with Crippen LogP contribution in [0.15, 0.2) is 24.3 Å². The SMILES string of the molecule is CNc1nc(C)nc(N(C)Cc2ccc(OC)cc2)c1C. The van der Waals surface area contributed by atoms with Gasteiger partial charge in [-0.05, 0) is 31.5 Å². The number of aryl methyl sites for hydroxylation is 1. The van der Waals surface area contributed by atoms with Crippen molar-refractivity contribution in [3.05, 3.63) is 41.2 Å². The molecule has 5 heteroatoms. The first-order valence-corrected chi connectivity index (χ1v) is 6.92. The Bertz CT molecular complexity index is 610. The van der Waals surface area contributed by atoms with Crippen LogP contribution in [-0.2, 0) is 6.54 Å². The van der Waals surface area contributed by atoms with Gasteiger partial charge in [-0.25, -0.2) is 9.97 Å². The van der Waals surface area contributed by atoms with Gasteiger partial charge in [0, 0.05) is 26.2 Å². The predicted octanol–water partition coefficient (Wildman–Crippen LogP) is 2.78. The lowest BCUT2D eigenvalue weighted by Gasteiger charge is -2.22. The van der Waals surface area contributed by atoms with Crippen molar-refractivity contribution >= 4 is 11.6 Å². The second kappa shape index (κ2) is 6.43. The monoisotopic (exact) mass is 286 g/mol. The number of nitrogens with zero attached hydrogens (tertiary/aromatic N) is 3. The molecule has 0 aliphatic rings. The van der Waals surface area contributed by atoms with Gasteiger partial charge in [-0.2, -0.15) is 0 Å². The van der Waals surface area contributed by atoms with Crippen molar-refractivity contribution in [1.29, 1.82) is 0 Å². The maximum Gasteiger partial charge on any atom is 0.137 e. The fourth-order valence-electron chi connectivity index (χ4n) is 2.31. The maximum absolute atomic E-state index is 5.18. The molecule has 0 fully saturated rings. The summed E-state index contributed by atoms with van der Waals surface area (Å²) < 4.78 is 5.18. The summed E-state index contributed by atoms with van der Waals surface area (Å²) in [5.74, 6) is 3.45. The summed E-state index contributed by atoms with van der Waals surface area (Å²) in [4.78, 5) is 11.1. The van der Waals surface area contributed by atoms with Crippen molar-refractivity contribution in [2.45, 2.75) is 20.4 Å². The molecule has 0 aliphatic heterocycles. The number of nitrogens with one attached hydrogen (secondary N) is 1. The Kier molecular flexibility index (Phi) is 4.62. The zero-order valence-corrected chi connectivity index (χ0v) is 13.3. The smallest absolute Gasteiger partial charge is 0.137 e. The van der Waals surface area contributed by atoms with E-state index in [4.69, 9.17) is 4.74 Å². The first-order chi connectivity index (χ1) is 10.0. The molecule has 112 valence electrons. The Morgan fingerprint density at radius 2 is 1.81 bits per heavy atom. The van der Waals surface area contributed by atoms with Crippen molar-refractivity contribution in [2.24, 2.45) is 0 Å². The Balaban J connectivity index is 2.23. The lowest BCUT2D eigenvalue weighted by molar-refractivity contribution is 0.414. The Labute approximate surface area is 126 Å². The zero-order chi connectivity index (χ0) is 15.4. The van der Waals surface area contributed by atoms with Gasteiger partial charge in [0.15, 0.2) is 0 Å². The van der Waals surface area contributed by atoms with E-state index in [0.717, 1.165) is 35.3 Å². The molecule has 2 aromatic rings. The summed E-state index contributed by atoms with van der Waals surface area (Å²) in [7, 11) is 5.59. The third-order valence-corrected chi connectivity index (χ3v) is 3.41. The Morgan fingerprint density at radius 1 is 1.14 bits per heavy atom. The van der Waals surface area contributed by atoms with Gasteiger partial charge in [0.05, 0.1) is 7.11 Å². The average Bonchev–Trinajstić information content (AvgIpc) is 2.49. The van der Waals surface area contributed by atoms with Crippen LogP contribution < -0.4 is 15.0 Å². The molecule has 0 atom stereocenters. The average molecular weight is 286 g/mol. The number of hydrogen-bond donors (Lipinski definition) is 1. The van der Waals surface area contributed by atoms with E-state index in [1.54, 1.807) is 7.11 Å². The van der Waals surface area contributed by atoms with Crippen LogP contribution >= 0.6 is 0 Å². The molecule has 0 saturated carbocycles. The van der Waals surface area contributed by atoms with Crippen LogP contribution in [0.5, 0.6) is 5.75 Å². The van der Waals surface area contributed by atoms with Gasteiger partial charge in [-0.1, -0.05) is 12.1 Å². The third-order valence-electron chi connectivity index (χ3n) is 3.41. The minimum Gasteiger partial charge on any atom is -0.497 e. The van der Waals surface area contributed by atoms with Gasteiger partial charge in [-0.3, -0.25) is 0 Å². The summed E-state index contributed by atoms with van der Waals surface area (Å²) in [6.45, 7) is 4.72. The number of rotatable bonds is 5. The first kappa shape index (κ1) is 15.1. The maximum atomic E-state index is 5.18. The molecule has 0 unspecified atom stereocenters.